The standard InChI is InChI=1S/C9H20N2O.C9H20N2S.C8H18N2O.C8H18N2S.C6H15N3.C6H14N2O.C6H14N2S/c2*1-8(2)6-7-11(5)9(12)10(3)4;2*1-7(2)5-6-9-8(11)10(3)4;1-5(2)3-4-9-6(7)8;2*1-5(2)3-4-8-6(7)9/h2*8H,6-7H2,1-5H3;2*7H,5-6H2,1-4H3,(H,9,11);5H,3-4H2,1-2H3,(H4,7,8,9);2*5H,3-4H2,1-2H3,(H3,7,8,9). The molecule has 18 nitrogen and oxygen atoms in total. The number of urea groups is 3. The van der Waals surface area contributed by atoms with Crippen LogP contribution < -0.4 is 44.2 Å². The second-order valence-corrected chi connectivity index (χ2v) is 22.8. The normalized spacial score (nSPS) is 9.90. The Morgan fingerprint density at radius 1 is 0.425 bits per heavy atom. The maximum Gasteiger partial charge on any atom is 0.319 e. The first-order valence-electron chi connectivity index (χ1n) is 26.2. The third-order valence-corrected chi connectivity index (χ3v) is 10.7. The highest BCUT2D eigenvalue weighted by Crippen LogP contribution is 2.04. The maximum absolute atomic E-state index is 11.3. The average Bonchev–Trinajstić information content (AvgIpc) is 3.24. The molecule has 21 heteroatoms. The molecule has 0 fully saturated rings. The summed E-state index contributed by atoms with van der Waals surface area (Å²) < 4.78 is 0. The zero-order valence-electron chi connectivity index (χ0n) is 51.3. The van der Waals surface area contributed by atoms with Gasteiger partial charge in [-0.05, 0) is 123 Å². The zero-order valence-corrected chi connectivity index (χ0v) is 53.8. The van der Waals surface area contributed by atoms with Crippen LogP contribution in [0.1, 0.15) is 142 Å². The lowest BCUT2D eigenvalue weighted by molar-refractivity contribution is 0.179. The number of hydrogen-bond donors (Lipinski definition) is 8. The predicted octanol–water partition coefficient (Wildman–Crippen LogP) is 8.10. The molecule has 0 aliphatic carbocycles. The van der Waals surface area contributed by atoms with E-state index in [1.807, 2.05) is 52.1 Å². The van der Waals surface area contributed by atoms with E-state index in [0.29, 0.717) is 41.2 Å². The topological polar surface area (TPSA) is 235 Å². The minimum atomic E-state index is -0.435. The van der Waals surface area contributed by atoms with Crippen LogP contribution in [0.3, 0.4) is 0 Å². The molecule has 0 aromatic carbocycles. The minimum Gasteiger partial charge on any atom is -0.376 e. The van der Waals surface area contributed by atoms with Crippen LogP contribution in [0.4, 0.5) is 14.4 Å². The Labute approximate surface area is 466 Å². The van der Waals surface area contributed by atoms with E-state index in [2.05, 4.69) is 140 Å². The number of nitrogens with two attached hydrogens (primary N) is 4. The first-order chi connectivity index (χ1) is 33.3. The second kappa shape index (κ2) is 54.4. The van der Waals surface area contributed by atoms with E-state index in [9.17, 15) is 14.4 Å². The Balaban J connectivity index is -0.000000140. The zero-order chi connectivity index (χ0) is 59.0. The number of rotatable bonds is 21. The van der Waals surface area contributed by atoms with Crippen molar-refractivity contribution in [1.29, 1.82) is 0 Å². The SMILES string of the molecule is CC(C)CCN(C)C(=O)N(C)C.CC(C)CCN(C)C(=S)N(C)C.CC(C)CCN=C(N)N.CC(C)CCNC(=O)N(C)C.CC(C)CCNC(=S)N(C)C.CC(C)CCNC(N)=O.CC(C)CCNC(N)=S. The van der Waals surface area contributed by atoms with Crippen molar-refractivity contribution in [1.82, 2.24) is 50.7 Å². The lowest BCUT2D eigenvalue weighted by Gasteiger charge is -2.25. The average molecular weight is 1100 g/mol. The lowest BCUT2D eigenvalue weighted by Crippen LogP contribution is -2.37. The van der Waals surface area contributed by atoms with Gasteiger partial charge in [-0.3, -0.25) is 4.99 Å². The largest absolute Gasteiger partial charge is 0.376 e. The molecule has 12 N–H and O–H groups in total. The van der Waals surface area contributed by atoms with Gasteiger partial charge in [0.05, 0.1) is 0 Å². The molecular weight excluding hydrogens is 979 g/mol. The van der Waals surface area contributed by atoms with Crippen molar-refractivity contribution in [3.8, 4) is 0 Å². The molecule has 0 aromatic heterocycles. The van der Waals surface area contributed by atoms with Gasteiger partial charge in [0.15, 0.2) is 21.3 Å². The first-order valence-corrected chi connectivity index (χ1v) is 27.4. The van der Waals surface area contributed by atoms with Gasteiger partial charge in [0.2, 0.25) is 0 Å². The Kier molecular flexibility index (Phi) is 62.0. The molecule has 0 aliphatic heterocycles. The molecule has 0 radical (unpaired) electrons. The number of carbonyl (C=O) groups excluding carboxylic acids is 3. The van der Waals surface area contributed by atoms with Gasteiger partial charge in [-0.15, -0.1) is 0 Å². The molecule has 0 unspecified atom stereocenters. The second-order valence-electron chi connectivity index (χ2n) is 21.6. The van der Waals surface area contributed by atoms with Gasteiger partial charge < -0.3 is 73.6 Å². The van der Waals surface area contributed by atoms with Crippen LogP contribution in [-0.4, -0.2) is 185 Å². The molecule has 0 bridgehead atoms. The number of guanidine groups is 1. The van der Waals surface area contributed by atoms with Crippen LogP contribution in [0.25, 0.3) is 0 Å². The number of hydrogen-bond acceptors (Lipinski definition) is 7. The molecule has 0 rings (SSSR count). The predicted molar refractivity (Wildman–Crippen MR) is 331 cm³/mol. The molecule has 0 aliphatic rings. The molecule has 6 amide bonds. The van der Waals surface area contributed by atoms with Crippen LogP contribution in [0.15, 0.2) is 4.99 Å². The van der Waals surface area contributed by atoms with E-state index in [1.54, 1.807) is 42.9 Å². The fourth-order valence-electron chi connectivity index (χ4n) is 4.45. The fraction of sp³-hybridized carbons (Fsp3) is 0.865. The number of aliphatic imine (C=N–C) groups is 1. The van der Waals surface area contributed by atoms with Crippen LogP contribution >= 0.6 is 36.7 Å². The van der Waals surface area contributed by atoms with Crippen LogP contribution in [0.2, 0.25) is 0 Å². The van der Waals surface area contributed by atoms with Crippen molar-refractivity contribution >= 4 is 76.0 Å². The van der Waals surface area contributed by atoms with Crippen molar-refractivity contribution in [3.63, 3.8) is 0 Å². The monoisotopic (exact) mass is 1100 g/mol. The van der Waals surface area contributed by atoms with Gasteiger partial charge in [-0.2, -0.15) is 0 Å². The van der Waals surface area contributed by atoms with Crippen LogP contribution in [0, 0.1) is 41.4 Å². The van der Waals surface area contributed by atoms with Gasteiger partial charge in [-0.25, -0.2) is 14.4 Å². The van der Waals surface area contributed by atoms with Crippen molar-refractivity contribution < 1.29 is 14.4 Å². The van der Waals surface area contributed by atoms with E-state index < -0.39 is 6.03 Å². The molecule has 438 valence electrons. The Morgan fingerprint density at radius 2 is 0.767 bits per heavy atom. The minimum absolute atomic E-state index is 0.00866. The highest BCUT2D eigenvalue weighted by atomic mass is 32.1. The molecule has 0 saturated heterocycles. The van der Waals surface area contributed by atoms with Gasteiger partial charge in [0.1, 0.15) is 0 Å². The van der Waals surface area contributed by atoms with Crippen molar-refractivity contribution in [2.24, 2.45) is 69.4 Å². The number of nitrogens with zero attached hydrogens (tertiary/aromatic N) is 7. The van der Waals surface area contributed by atoms with Gasteiger partial charge in [0.25, 0.3) is 0 Å². The quantitative estimate of drug-likeness (QED) is 0.0308. The molecule has 0 saturated carbocycles. The summed E-state index contributed by atoms with van der Waals surface area (Å²) in [6.45, 7) is 36.3. The van der Waals surface area contributed by atoms with E-state index >= 15 is 0 Å². The molecule has 0 heterocycles. The number of nitrogens with one attached hydrogen (secondary N) is 4. The summed E-state index contributed by atoms with van der Waals surface area (Å²) in [5, 5.41) is 13.5. The van der Waals surface area contributed by atoms with E-state index in [0.717, 1.165) is 93.4 Å². The number of carbonyl (C=O) groups is 3. The highest BCUT2D eigenvalue weighted by molar-refractivity contribution is 7.80. The summed E-state index contributed by atoms with van der Waals surface area (Å²) in [5.41, 5.74) is 20.2. The van der Waals surface area contributed by atoms with Crippen molar-refractivity contribution in [2.75, 3.05) is 116 Å². The number of primary amides is 1. The molecular formula is C52H119N15O3S3. The Morgan fingerprint density at radius 3 is 1.05 bits per heavy atom. The number of thiocarbonyl (C=S) groups is 3. The van der Waals surface area contributed by atoms with Gasteiger partial charge in [-0.1, -0.05) is 96.9 Å². The molecule has 0 atom stereocenters. The molecule has 0 aromatic rings. The summed E-state index contributed by atoms with van der Waals surface area (Å²) in [7, 11) is 18.8. The smallest absolute Gasteiger partial charge is 0.319 e. The van der Waals surface area contributed by atoms with E-state index in [-0.39, 0.29) is 18.0 Å². The van der Waals surface area contributed by atoms with Crippen LogP contribution in [0.5, 0.6) is 0 Å². The third-order valence-electron chi connectivity index (χ3n) is 9.35. The van der Waals surface area contributed by atoms with Crippen molar-refractivity contribution in [3.05, 3.63) is 0 Å². The van der Waals surface area contributed by atoms with Crippen molar-refractivity contribution in [2.45, 2.75) is 142 Å². The fourth-order valence-corrected chi connectivity index (χ4v) is 4.74. The Hall–Kier alpha value is -3.85. The summed E-state index contributed by atoms with van der Waals surface area (Å²) >= 11 is 14.9. The summed E-state index contributed by atoms with van der Waals surface area (Å²) in [6.07, 6.45) is 7.65. The van der Waals surface area contributed by atoms with Crippen LogP contribution in [-0.2, 0) is 0 Å². The van der Waals surface area contributed by atoms with E-state index in [1.165, 1.54) is 12.8 Å². The first kappa shape index (κ1) is 83.1. The molecule has 0 spiro atoms. The van der Waals surface area contributed by atoms with Gasteiger partial charge >= 0.3 is 18.1 Å². The van der Waals surface area contributed by atoms with E-state index in [4.69, 9.17) is 47.4 Å². The highest BCUT2D eigenvalue weighted by Gasteiger charge is 2.10. The van der Waals surface area contributed by atoms with Gasteiger partial charge in [0, 0.05) is 116 Å². The Bertz CT molecular complexity index is 1290. The molecule has 73 heavy (non-hydrogen) atoms. The summed E-state index contributed by atoms with van der Waals surface area (Å²) in [4.78, 5) is 47.1. The lowest BCUT2D eigenvalue weighted by atomic mass is 10.1. The maximum atomic E-state index is 11.3. The number of amides is 6. The summed E-state index contributed by atoms with van der Waals surface area (Å²) in [6, 6.07) is -0.364. The third kappa shape index (κ3) is 82.4. The summed E-state index contributed by atoms with van der Waals surface area (Å²) in [5.74, 6) is 5.00.